The van der Waals surface area contributed by atoms with Gasteiger partial charge in [-0.15, -0.1) is 0 Å². The van der Waals surface area contributed by atoms with Crippen LogP contribution in [-0.2, 0) is 5.41 Å². The summed E-state index contributed by atoms with van der Waals surface area (Å²) in [5.74, 6) is 0. The van der Waals surface area contributed by atoms with Crippen molar-refractivity contribution in [3.63, 3.8) is 0 Å². The Labute approximate surface area is 551 Å². The second kappa shape index (κ2) is 25.8. The van der Waals surface area contributed by atoms with Crippen molar-refractivity contribution in [1.82, 2.24) is 15.0 Å². The summed E-state index contributed by atoms with van der Waals surface area (Å²) in [6, 6.07) is 121. The van der Waals surface area contributed by atoms with E-state index >= 15 is 0 Å². The fourth-order valence-electron chi connectivity index (χ4n) is 13.2. The summed E-state index contributed by atoms with van der Waals surface area (Å²) in [7, 11) is 0. The zero-order valence-electron chi connectivity index (χ0n) is 52.8. The fourth-order valence-corrected chi connectivity index (χ4v) is 13.2. The summed E-state index contributed by atoms with van der Waals surface area (Å²) in [4.78, 5) is 14.6. The largest absolute Gasteiger partial charge is 0.256 e. The number of aromatic nitrogens is 3. The maximum absolute atomic E-state index is 4.97. The van der Waals surface area contributed by atoms with Crippen molar-refractivity contribution in [3.05, 3.63) is 358 Å². The average molecular weight is 1200 g/mol. The number of benzene rings is 12. The Morgan fingerprint density at radius 1 is 0.170 bits per heavy atom. The van der Waals surface area contributed by atoms with Crippen LogP contribution < -0.4 is 0 Å². The van der Waals surface area contributed by atoms with Crippen LogP contribution in [-0.4, -0.2) is 15.0 Å². The lowest BCUT2D eigenvalue weighted by molar-refractivity contribution is 0.589. The summed E-state index contributed by atoms with van der Waals surface area (Å²) in [6.07, 6.45) is 5.69. The second-order valence-corrected chi connectivity index (χ2v) is 25.1. The van der Waals surface area contributed by atoms with E-state index in [0.717, 1.165) is 134 Å². The minimum absolute atomic E-state index is 0.0303. The highest BCUT2D eigenvalue weighted by Crippen LogP contribution is 2.48. The lowest BCUT2D eigenvalue weighted by Crippen LogP contribution is -2.11. The van der Waals surface area contributed by atoms with Crippen LogP contribution in [0.4, 0.5) is 0 Å². The highest BCUT2D eigenvalue weighted by molar-refractivity contribution is 6.00. The van der Waals surface area contributed by atoms with Crippen molar-refractivity contribution >= 4 is 0 Å². The maximum Gasteiger partial charge on any atom is 0.0705 e. The molecule has 0 radical (unpaired) electrons. The van der Waals surface area contributed by atoms with Gasteiger partial charge in [-0.1, -0.05) is 282 Å². The molecule has 15 aromatic rings. The standard InChI is InChI=1S/C91H67N3/c1-91(2,3)75-51-54-94-90(61-75)71-47-50-82(85(60-71)66-27-11-6-12-28-66)79-32-16-13-29-76(79)72-55-73(77-30-14-17-33-80(77)83-48-45-69(88-35-19-21-52-92-88)58-86(83)67-41-37-64(38-42-67)62-23-7-4-8-24-62)57-74(56-72)78-31-15-18-34-81(78)84-49-46-70(89-36-20-22-53-93-89)59-87(84)68-43-39-65(40-44-68)63-25-9-5-10-26-63/h4-61H,1-3H3. The molecule has 0 aliphatic rings. The predicted molar refractivity (Wildman–Crippen MR) is 395 cm³/mol. The van der Waals surface area contributed by atoms with Crippen molar-refractivity contribution in [2.24, 2.45) is 0 Å². The molecule has 3 aromatic heterocycles. The van der Waals surface area contributed by atoms with Crippen LogP contribution in [0.5, 0.6) is 0 Å². The molecule has 0 N–H and O–H groups in total. The summed E-state index contributed by atoms with van der Waals surface area (Å²) in [5, 5.41) is 0. The molecule has 0 saturated heterocycles. The molecule has 3 heterocycles. The molecule has 0 saturated carbocycles. The van der Waals surface area contributed by atoms with Gasteiger partial charge in [0.25, 0.3) is 0 Å². The van der Waals surface area contributed by atoms with Gasteiger partial charge < -0.3 is 0 Å². The van der Waals surface area contributed by atoms with Gasteiger partial charge in [0, 0.05) is 35.3 Å². The molecule has 0 fully saturated rings. The monoisotopic (exact) mass is 1200 g/mol. The molecular weight excluding hydrogens is 1140 g/mol. The van der Waals surface area contributed by atoms with E-state index in [1.807, 2.05) is 30.7 Å². The van der Waals surface area contributed by atoms with Crippen LogP contribution in [0.2, 0.25) is 0 Å². The third-order valence-corrected chi connectivity index (χ3v) is 18.1. The lowest BCUT2D eigenvalue weighted by atomic mass is 9.83. The number of rotatable bonds is 14. The lowest BCUT2D eigenvalue weighted by Gasteiger charge is -2.21. The van der Waals surface area contributed by atoms with Crippen LogP contribution in [0.3, 0.4) is 0 Å². The van der Waals surface area contributed by atoms with Crippen LogP contribution >= 0.6 is 0 Å². The van der Waals surface area contributed by atoms with Gasteiger partial charge in [0.2, 0.25) is 0 Å². The van der Waals surface area contributed by atoms with Crippen LogP contribution in [0.25, 0.3) is 156 Å². The molecule has 0 atom stereocenters. The summed E-state index contributed by atoms with van der Waals surface area (Å²) >= 11 is 0. The molecule has 0 aliphatic heterocycles. The highest BCUT2D eigenvalue weighted by atomic mass is 14.7. The Hall–Kier alpha value is -11.9. The molecule has 3 nitrogen and oxygen atoms in total. The molecule has 0 unspecified atom stereocenters. The molecule has 0 amide bonds. The highest BCUT2D eigenvalue weighted by Gasteiger charge is 2.23. The number of nitrogens with zero attached hydrogens (tertiary/aromatic N) is 3. The molecule has 0 bridgehead atoms. The smallest absolute Gasteiger partial charge is 0.0705 e. The van der Waals surface area contributed by atoms with Gasteiger partial charge >= 0.3 is 0 Å². The zero-order chi connectivity index (χ0) is 63.4. The zero-order valence-corrected chi connectivity index (χ0v) is 52.8. The minimum Gasteiger partial charge on any atom is -0.256 e. The van der Waals surface area contributed by atoms with Crippen molar-refractivity contribution in [2.75, 3.05) is 0 Å². The molecular formula is C91H67N3. The number of pyridine rings is 3. The number of hydrogen-bond acceptors (Lipinski definition) is 3. The van der Waals surface area contributed by atoms with Crippen molar-refractivity contribution in [1.29, 1.82) is 0 Å². The Morgan fingerprint density at radius 3 is 0.809 bits per heavy atom. The number of hydrogen-bond donors (Lipinski definition) is 0. The summed E-state index contributed by atoms with van der Waals surface area (Å²) in [5.41, 5.74) is 32.1. The van der Waals surface area contributed by atoms with Crippen LogP contribution in [0.15, 0.2) is 352 Å². The average Bonchev–Trinajstić information content (AvgIpc) is 0.780. The Kier molecular flexibility index (Phi) is 16.0. The van der Waals surface area contributed by atoms with Crippen LogP contribution in [0.1, 0.15) is 26.3 Å². The molecule has 15 rings (SSSR count). The molecule has 446 valence electrons. The van der Waals surface area contributed by atoms with Crippen molar-refractivity contribution in [2.45, 2.75) is 26.2 Å². The van der Waals surface area contributed by atoms with Gasteiger partial charge in [0.15, 0.2) is 0 Å². The molecule has 3 heteroatoms. The van der Waals surface area contributed by atoms with Gasteiger partial charge in [-0.05, 0) is 206 Å². The van der Waals surface area contributed by atoms with Gasteiger partial charge in [0.05, 0.1) is 17.1 Å². The van der Waals surface area contributed by atoms with E-state index < -0.39 is 0 Å². The van der Waals surface area contributed by atoms with E-state index in [0.29, 0.717) is 0 Å². The quantitative estimate of drug-likeness (QED) is 0.109. The van der Waals surface area contributed by atoms with E-state index in [2.05, 4.69) is 342 Å². The van der Waals surface area contributed by atoms with E-state index in [1.165, 1.54) is 27.8 Å². The Balaban J connectivity index is 0.946. The predicted octanol–water partition coefficient (Wildman–Crippen LogP) is 24.5. The minimum atomic E-state index is -0.0303. The molecule has 0 spiro atoms. The van der Waals surface area contributed by atoms with Gasteiger partial charge in [-0.25, -0.2) is 0 Å². The first-order valence-corrected chi connectivity index (χ1v) is 32.3. The van der Waals surface area contributed by atoms with Gasteiger partial charge in [-0.3, -0.25) is 15.0 Å². The first-order valence-electron chi connectivity index (χ1n) is 32.3. The first kappa shape index (κ1) is 58.5. The van der Waals surface area contributed by atoms with Crippen molar-refractivity contribution < 1.29 is 0 Å². The fraction of sp³-hybridized carbons (Fsp3) is 0.0440. The van der Waals surface area contributed by atoms with E-state index in [1.54, 1.807) is 0 Å². The SMILES string of the molecule is CC(C)(C)c1ccnc(-c2ccc(-c3ccccc3-c3cc(-c4ccccc4-c4ccc(-c5ccccn5)cc4-c4ccc(-c5ccccc5)cc4)cc(-c4ccccc4-c4ccc(-c5ccccn5)cc4-c4ccc(-c5ccccc5)cc4)c3)c(-c3ccccc3)c2)c1. The third kappa shape index (κ3) is 12.0. The van der Waals surface area contributed by atoms with E-state index in [4.69, 9.17) is 15.0 Å². The Morgan fingerprint density at radius 2 is 0.447 bits per heavy atom. The van der Waals surface area contributed by atoms with Crippen molar-refractivity contribution in [3.8, 4) is 156 Å². The van der Waals surface area contributed by atoms with E-state index in [-0.39, 0.29) is 5.41 Å². The normalized spacial score (nSPS) is 11.4. The Bertz CT molecular complexity index is 4940. The maximum atomic E-state index is 4.97. The molecule has 0 aliphatic carbocycles. The topological polar surface area (TPSA) is 38.7 Å². The summed E-state index contributed by atoms with van der Waals surface area (Å²) in [6.45, 7) is 6.77. The molecule has 94 heavy (non-hydrogen) atoms. The van der Waals surface area contributed by atoms with Gasteiger partial charge in [-0.2, -0.15) is 0 Å². The first-order chi connectivity index (χ1) is 46.2. The van der Waals surface area contributed by atoms with Crippen LogP contribution in [0, 0.1) is 0 Å². The molecule has 12 aromatic carbocycles. The summed E-state index contributed by atoms with van der Waals surface area (Å²) < 4.78 is 0. The van der Waals surface area contributed by atoms with E-state index in [9.17, 15) is 0 Å². The van der Waals surface area contributed by atoms with Gasteiger partial charge in [0.1, 0.15) is 0 Å². The third-order valence-electron chi connectivity index (χ3n) is 18.1. The second-order valence-electron chi connectivity index (χ2n) is 25.1.